The Bertz CT molecular complexity index is 1190. The standard InChI is InChI=1S/C31H39N3O5/c1-3-5-18-32-28(37)26-31-17-16-30(4-2,39-31)24(27(36)33-19-21-12-8-6-9-13-21)25(31)29(38)34(26)23(20-35)22-14-10-7-11-15-22/h6-15,23-26,35H,3-5,16-20H2,1-2H3,(H,32,37)(H,33,36)/t23-,24+,25+,26?,30-,31?/m1/s1. The van der Waals surface area contributed by atoms with E-state index in [0.29, 0.717) is 32.4 Å². The number of unbranched alkanes of at least 4 members (excludes halogenated alkanes) is 1. The molecule has 3 fully saturated rings. The van der Waals surface area contributed by atoms with E-state index in [-0.39, 0.29) is 24.3 Å². The van der Waals surface area contributed by atoms with Gasteiger partial charge in [-0.3, -0.25) is 14.4 Å². The zero-order chi connectivity index (χ0) is 27.6. The van der Waals surface area contributed by atoms with Gasteiger partial charge < -0.3 is 25.4 Å². The fourth-order valence-electron chi connectivity index (χ4n) is 7.10. The van der Waals surface area contributed by atoms with E-state index in [2.05, 4.69) is 17.6 Å². The number of likely N-dealkylation sites (tertiary alicyclic amines) is 1. The van der Waals surface area contributed by atoms with Gasteiger partial charge in [-0.25, -0.2) is 0 Å². The highest BCUT2D eigenvalue weighted by molar-refractivity contribution is 5.99. The first kappa shape index (κ1) is 27.3. The number of hydrogen-bond donors (Lipinski definition) is 3. The summed E-state index contributed by atoms with van der Waals surface area (Å²) in [6, 6.07) is 17.2. The van der Waals surface area contributed by atoms with Crippen LogP contribution in [0.25, 0.3) is 0 Å². The summed E-state index contributed by atoms with van der Waals surface area (Å²) >= 11 is 0. The zero-order valence-electron chi connectivity index (χ0n) is 22.8. The van der Waals surface area contributed by atoms with Crippen LogP contribution in [0.5, 0.6) is 0 Å². The van der Waals surface area contributed by atoms with Crippen molar-refractivity contribution >= 4 is 17.7 Å². The molecule has 0 aliphatic carbocycles. The molecule has 208 valence electrons. The van der Waals surface area contributed by atoms with Gasteiger partial charge in [0.2, 0.25) is 17.7 Å². The number of nitrogens with zero attached hydrogens (tertiary/aromatic N) is 1. The number of aliphatic hydroxyl groups excluding tert-OH is 1. The lowest BCUT2D eigenvalue weighted by molar-refractivity contribution is -0.151. The smallest absolute Gasteiger partial charge is 0.245 e. The summed E-state index contributed by atoms with van der Waals surface area (Å²) in [6.45, 7) is 4.52. The van der Waals surface area contributed by atoms with Crippen molar-refractivity contribution in [3.05, 3.63) is 71.8 Å². The molecule has 3 heterocycles. The lowest BCUT2D eigenvalue weighted by Gasteiger charge is -2.37. The molecule has 0 aromatic heterocycles. The second kappa shape index (κ2) is 11.1. The van der Waals surface area contributed by atoms with Gasteiger partial charge in [-0.1, -0.05) is 80.9 Å². The van der Waals surface area contributed by atoms with Crippen LogP contribution in [0.4, 0.5) is 0 Å². The number of hydrogen-bond acceptors (Lipinski definition) is 5. The van der Waals surface area contributed by atoms with Crippen LogP contribution in [0.1, 0.15) is 63.1 Å². The van der Waals surface area contributed by atoms with E-state index in [1.807, 2.05) is 67.6 Å². The van der Waals surface area contributed by atoms with Gasteiger partial charge in [0.15, 0.2) is 0 Å². The molecule has 0 radical (unpaired) electrons. The van der Waals surface area contributed by atoms with Crippen molar-refractivity contribution in [3.8, 4) is 0 Å². The lowest BCUT2D eigenvalue weighted by Crippen LogP contribution is -2.56. The largest absolute Gasteiger partial charge is 0.394 e. The van der Waals surface area contributed by atoms with Crippen LogP contribution in [0.3, 0.4) is 0 Å². The fourth-order valence-corrected chi connectivity index (χ4v) is 7.10. The number of carbonyl (C=O) groups excluding carboxylic acids is 3. The Morgan fingerprint density at radius 2 is 1.72 bits per heavy atom. The van der Waals surface area contributed by atoms with E-state index in [1.54, 1.807) is 0 Å². The number of fused-ring (bicyclic) bond motifs is 1. The van der Waals surface area contributed by atoms with E-state index in [4.69, 9.17) is 4.74 Å². The molecule has 6 atom stereocenters. The van der Waals surface area contributed by atoms with Crippen LogP contribution >= 0.6 is 0 Å². The van der Waals surface area contributed by atoms with Gasteiger partial charge in [-0.15, -0.1) is 0 Å². The van der Waals surface area contributed by atoms with Crippen molar-refractivity contribution in [3.63, 3.8) is 0 Å². The number of amides is 3. The van der Waals surface area contributed by atoms with E-state index < -0.39 is 35.1 Å². The summed E-state index contributed by atoms with van der Waals surface area (Å²) in [6.07, 6.45) is 3.40. The highest BCUT2D eigenvalue weighted by atomic mass is 16.5. The Labute approximate surface area is 230 Å². The Kier molecular flexibility index (Phi) is 7.78. The second-order valence-electron chi connectivity index (χ2n) is 11.0. The van der Waals surface area contributed by atoms with Crippen molar-refractivity contribution in [2.24, 2.45) is 11.8 Å². The minimum Gasteiger partial charge on any atom is -0.394 e. The second-order valence-corrected chi connectivity index (χ2v) is 11.0. The number of carbonyl (C=O) groups is 3. The van der Waals surface area contributed by atoms with E-state index in [1.165, 1.54) is 4.90 Å². The number of aliphatic hydroxyl groups is 1. The molecule has 0 saturated carbocycles. The molecule has 2 bridgehead atoms. The first-order valence-corrected chi connectivity index (χ1v) is 14.2. The maximum absolute atomic E-state index is 14.4. The monoisotopic (exact) mass is 533 g/mol. The summed E-state index contributed by atoms with van der Waals surface area (Å²) < 4.78 is 6.81. The molecule has 3 aliphatic heterocycles. The molecule has 3 aliphatic rings. The topological polar surface area (TPSA) is 108 Å². The maximum atomic E-state index is 14.4. The molecule has 2 aromatic carbocycles. The summed E-state index contributed by atoms with van der Waals surface area (Å²) in [5.74, 6) is -2.34. The molecule has 3 N–H and O–H groups in total. The average Bonchev–Trinajstić information content (AvgIpc) is 3.57. The minimum atomic E-state index is -1.12. The first-order valence-electron chi connectivity index (χ1n) is 14.2. The number of ether oxygens (including phenoxy) is 1. The Morgan fingerprint density at radius 3 is 2.36 bits per heavy atom. The van der Waals surface area contributed by atoms with Crippen LogP contribution in [0, 0.1) is 11.8 Å². The number of nitrogens with one attached hydrogen (secondary N) is 2. The third-order valence-electron chi connectivity index (χ3n) is 8.98. The average molecular weight is 534 g/mol. The third kappa shape index (κ3) is 4.53. The van der Waals surface area contributed by atoms with Gasteiger partial charge in [0.05, 0.1) is 30.1 Å². The van der Waals surface area contributed by atoms with Crippen molar-refractivity contribution in [2.75, 3.05) is 13.2 Å². The maximum Gasteiger partial charge on any atom is 0.245 e. The molecule has 8 heteroatoms. The van der Waals surface area contributed by atoms with Gasteiger partial charge in [-0.05, 0) is 36.8 Å². The SMILES string of the molecule is CCCCNC(=O)C1N([C@H](CO)c2ccccc2)C(=O)[C@@H]2[C@@H](C(=O)NCc3ccccc3)[C@@]3(CC)CCC12O3. The van der Waals surface area contributed by atoms with Crippen molar-refractivity contribution in [1.82, 2.24) is 15.5 Å². The third-order valence-corrected chi connectivity index (χ3v) is 8.98. The lowest BCUT2D eigenvalue weighted by atomic mass is 9.65. The van der Waals surface area contributed by atoms with Gasteiger partial charge in [-0.2, -0.15) is 0 Å². The van der Waals surface area contributed by atoms with Crippen molar-refractivity contribution in [1.29, 1.82) is 0 Å². The van der Waals surface area contributed by atoms with E-state index in [0.717, 1.165) is 24.0 Å². The molecule has 3 amide bonds. The molecule has 1 spiro atoms. The molecule has 5 rings (SSSR count). The minimum absolute atomic E-state index is 0.229. The van der Waals surface area contributed by atoms with Crippen LogP contribution in [-0.4, -0.2) is 58.1 Å². The molecule has 2 aromatic rings. The van der Waals surface area contributed by atoms with E-state index >= 15 is 0 Å². The normalized spacial score (nSPS) is 29.8. The highest BCUT2D eigenvalue weighted by Gasteiger charge is 2.79. The summed E-state index contributed by atoms with van der Waals surface area (Å²) in [4.78, 5) is 43.6. The molecular formula is C31H39N3O5. The van der Waals surface area contributed by atoms with E-state index in [9.17, 15) is 19.5 Å². The molecule has 3 saturated heterocycles. The predicted molar refractivity (Wildman–Crippen MR) is 146 cm³/mol. The highest BCUT2D eigenvalue weighted by Crippen LogP contribution is 2.65. The first-order chi connectivity index (χ1) is 18.9. The Balaban J connectivity index is 1.53. The van der Waals surface area contributed by atoms with Gasteiger partial charge in [0.25, 0.3) is 0 Å². The number of benzene rings is 2. The summed E-state index contributed by atoms with van der Waals surface area (Å²) in [7, 11) is 0. The Hall–Kier alpha value is -3.23. The zero-order valence-corrected chi connectivity index (χ0v) is 22.8. The van der Waals surface area contributed by atoms with Crippen LogP contribution < -0.4 is 10.6 Å². The van der Waals surface area contributed by atoms with Gasteiger partial charge in [0, 0.05) is 13.1 Å². The molecule has 39 heavy (non-hydrogen) atoms. The molecule has 8 nitrogen and oxygen atoms in total. The van der Waals surface area contributed by atoms with Crippen molar-refractivity contribution in [2.45, 2.75) is 75.8 Å². The molecule has 2 unspecified atom stereocenters. The van der Waals surface area contributed by atoms with Gasteiger partial charge >= 0.3 is 0 Å². The Morgan fingerprint density at radius 1 is 1.03 bits per heavy atom. The quantitative estimate of drug-likeness (QED) is 0.385. The van der Waals surface area contributed by atoms with Crippen LogP contribution in [0.2, 0.25) is 0 Å². The number of rotatable bonds is 11. The fraction of sp³-hybridized carbons (Fsp3) is 0.516. The van der Waals surface area contributed by atoms with Crippen LogP contribution in [-0.2, 0) is 25.7 Å². The van der Waals surface area contributed by atoms with Gasteiger partial charge in [0.1, 0.15) is 11.6 Å². The summed E-state index contributed by atoms with van der Waals surface area (Å²) in [5.41, 5.74) is -0.232. The summed E-state index contributed by atoms with van der Waals surface area (Å²) in [5, 5.41) is 16.6. The van der Waals surface area contributed by atoms with Crippen LogP contribution in [0.15, 0.2) is 60.7 Å². The van der Waals surface area contributed by atoms with Crippen molar-refractivity contribution < 1.29 is 24.2 Å². The predicted octanol–water partition coefficient (Wildman–Crippen LogP) is 3.11. The molecular weight excluding hydrogens is 494 g/mol.